The first-order chi connectivity index (χ1) is 9.04. The number of anilines is 1. The van der Waals surface area contributed by atoms with Crippen molar-refractivity contribution in [1.82, 2.24) is 15.1 Å². The van der Waals surface area contributed by atoms with Crippen LogP contribution in [0, 0.1) is 5.92 Å². The van der Waals surface area contributed by atoms with Gasteiger partial charge in [-0.15, -0.1) is 0 Å². The molecule has 19 heavy (non-hydrogen) atoms. The lowest BCUT2D eigenvalue weighted by molar-refractivity contribution is 0.495. The van der Waals surface area contributed by atoms with Gasteiger partial charge in [-0.3, -0.25) is 4.79 Å². The fourth-order valence-electron chi connectivity index (χ4n) is 1.73. The summed E-state index contributed by atoms with van der Waals surface area (Å²) in [5.74, 6) is 0.657. The number of rotatable bonds is 8. The van der Waals surface area contributed by atoms with E-state index < -0.39 is 0 Å². The molecule has 1 heterocycles. The van der Waals surface area contributed by atoms with Crippen LogP contribution in [0.1, 0.15) is 27.2 Å². The maximum Gasteiger partial charge on any atom is 0.268 e. The molecular formula is C14H26N4O. The van der Waals surface area contributed by atoms with Gasteiger partial charge >= 0.3 is 0 Å². The molecule has 0 saturated heterocycles. The van der Waals surface area contributed by atoms with E-state index in [-0.39, 0.29) is 5.56 Å². The fraction of sp³-hybridized carbons (Fsp3) is 0.714. The Morgan fingerprint density at radius 2 is 2.21 bits per heavy atom. The average molecular weight is 266 g/mol. The van der Waals surface area contributed by atoms with Gasteiger partial charge in [-0.1, -0.05) is 13.8 Å². The van der Waals surface area contributed by atoms with Gasteiger partial charge in [0.25, 0.3) is 5.56 Å². The zero-order valence-corrected chi connectivity index (χ0v) is 12.5. The lowest BCUT2D eigenvalue weighted by Gasteiger charge is -2.16. The fourth-order valence-corrected chi connectivity index (χ4v) is 1.73. The lowest BCUT2D eigenvalue weighted by atomic mass is 10.2. The second kappa shape index (κ2) is 7.94. The van der Waals surface area contributed by atoms with Crippen LogP contribution < -0.4 is 15.8 Å². The summed E-state index contributed by atoms with van der Waals surface area (Å²) in [6.07, 6.45) is 2.68. The number of aryl methyl sites for hydroxylation is 1. The van der Waals surface area contributed by atoms with Gasteiger partial charge in [0, 0.05) is 26.2 Å². The molecule has 0 spiro atoms. The summed E-state index contributed by atoms with van der Waals surface area (Å²) in [4.78, 5) is 13.9. The van der Waals surface area contributed by atoms with Crippen molar-refractivity contribution < 1.29 is 0 Å². The minimum absolute atomic E-state index is 0.0262. The monoisotopic (exact) mass is 266 g/mol. The Labute approximate surface area is 115 Å². The van der Waals surface area contributed by atoms with Crippen LogP contribution >= 0.6 is 0 Å². The minimum Gasteiger partial charge on any atom is -0.373 e. The van der Waals surface area contributed by atoms with Crippen molar-refractivity contribution in [2.24, 2.45) is 5.92 Å². The molecule has 5 heteroatoms. The molecule has 1 rings (SSSR count). The summed E-state index contributed by atoms with van der Waals surface area (Å²) in [5, 5.41) is 7.58. The molecule has 1 N–H and O–H groups in total. The topological polar surface area (TPSA) is 50.2 Å². The van der Waals surface area contributed by atoms with Gasteiger partial charge in [-0.2, -0.15) is 5.10 Å². The van der Waals surface area contributed by atoms with Gasteiger partial charge in [0.2, 0.25) is 0 Å². The third kappa shape index (κ3) is 5.42. The van der Waals surface area contributed by atoms with E-state index in [1.165, 1.54) is 4.68 Å². The Bertz CT molecular complexity index is 428. The zero-order chi connectivity index (χ0) is 14.3. The Morgan fingerprint density at radius 1 is 1.47 bits per heavy atom. The van der Waals surface area contributed by atoms with Crippen LogP contribution in [0.4, 0.5) is 5.69 Å². The SMILES string of the molecule is CCN(C)c1cnn(CCCNCC(C)C)c(=O)c1. The van der Waals surface area contributed by atoms with E-state index in [9.17, 15) is 4.79 Å². The van der Waals surface area contributed by atoms with E-state index in [2.05, 4.69) is 24.3 Å². The maximum absolute atomic E-state index is 11.9. The van der Waals surface area contributed by atoms with Gasteiger partial charge < -0.3 is 10.2 Å². The van der Waals surface area contributed by atoms with Crippen LogP contribution in [-0.4, -0.2) is 36.5 Å². The second-order valence-corrected chi connectivity index (χ2v) is 5.24. The largest absolute Gasteiger partial charge is 0.373 e. The highest BCUT2D eigenvalue weighted by Crippen LogP contribution is 2.05. The first kappa shape index (κ1) is 15.7. The molecule has 0 aliphatic heterocycles. The van der Waals surface area contributed by atoms with E-state index in [1.54, 1.807) is 12.3 Å². The third-order valence-corrected chi connectivity index (χ3v) is 3.05. The lowest BCUT2D eigenvalue weighted by Crippen LogP contribution is -2.27. The van der Waals surface area contributed by atoms with E-state index in [1.807, 2.05) is 18.9 Å². The molecular weight excluding hydrogens is 240 g/mol. The van der Waals surface area contributed by atoms with E-state index in [4.69, 9.17) is 0 Å². The van der Waals surface area contributed by atoms with Crippen LogP contribution in [0.15, 0.2) is 17.1 Å². The van der Waals surface area contributed by atoms with Gasteiger partial charge in [-0.25, -0.2) is 4.68 Å². The molecule has 0 bridgehead atoms. The van der Waals surface area contributed by atoms with Crippen molar-refractivity contribution in [3.05, 3.63) is 22.6 Å². The van der Waals surface area contributed by atoms with Crippen LogP contribution in [0.3, 0.4) is 0 Å². The Morgan fingerprint density at radius 3 is 2.79 bits per heavy atom. The van der Waals surface area contributed by atoms with Gasteiger partial charge in [-0.05, 0) is 32.4 Å². The molecule has 1 aromatic rings. The molecule has 0 unspecified atom stereocenters. The molecule has 1 aromatic heterocycles. The summed E-state index contributed by atoms with van der Waals surface area (Å²) >= 11 is 0. The predicted octanol–water partition coefficient (Wildman–Crippen LogP) is 1.34. The highest BCUT2D eigenvalue weighted by molar-refractivity contribution is 5.41. The summed E-state index contributed by atoms with van der Waals surface area (Å²) in [5.41, 5.74) is 0.850. The molecule has 0 aromatic carbocycles. The molecule has 108 valence electrons. The van der Waals surface area contributed by atoms with Crippen LogP contribution in [0.5, 0.6) is 0 Å². The maximum atomic E-state index is 11.9. The van der Waals surface area contributed by atoms with Crippen LogP contribution in [0.25, 0.3) is 0 Å². The standard InChI is InChI=1S/C14H26N4O/c1-5-17(4)13-9-14(19)18(16-11-13)8-6-7-15-10-12(2)3/h9,11-12,15H,5-8,10H2,1-4H3. The van der Waals surface area contributed by atoms with Crippen LogP contribution in [0.2, 0.25) is 0 Å². The first-order valence-corrected chi connectivity index (χ1v) is 7.03. The summed E-state index contributed by atoms with van der Waals surface area (Å²) in [7, 11) is 1.95. The van der Waals surface area contributed by atoms with Crippen molar-refractivity contribution >= 4 is 5.69 Å². The molecule has 0 saturated carbocycles. The highest BCUT2D eigenvalue weighted by atomic mass is 16.1. The number of nitrogens with one attached hydrogen (secondary N) is 1. The van der Waals surface area contributed by atoms with E-state index in [0.717, 1.165) is 31.7 Å². The molecule has 0 aliphatic carbocycles. The van der Waals surface area contributed by atoms with Crippen molar-refractivity contribution in [3.8, 4) is 0 Å². The highest BCUT2D eigenvalue weighted by Gasteiger charge is 2.03. The Balaban J connectivity index is 2.45. The number of hydrogen-bond acceptors (Lipinski definition) is 4. The van der Waals surface area contributed by atoms with E-state index >= 15 is 0 Å². The predicted molar refractivity (Wildman–Crippen MR) is 79.8 cm³/mol. The van der Waals surface area contributed by atoms with Gasteiger partial charge in [0.15, 0.2) is 0 Å². The molecule has 0 fully saturated rings. The molecule has 5 nitrogen and oxygen atoms in total. The van der Waals surface area contributed by atoms with Crippen molar-refractivity contribution in [1.29, 1.82) is 0 Å². The average Bonchev–Trinajstić information content (AvgIpc) is 2.38. The van der Waals surface area contributed by atoms with Gasteiger partial charge in [0.05, 0.1) is 11.9 Å². The summed E-state index contributed by atoms with van der Waals surface area (Å²) in [6, 6.07) is 1.65. The normalized spacial score (nSPS) is 11.0. The zero-order valence-electron chi connectivity index (χ0n) is 12.5. The molecule has 0 amide bonds. The minimum atomic E-state index is -0.0262. The Kier molecular flexibility index (Phi) is 6.56. The second-order valence-electron chi connectivity index (χ2n) is 5.24. The quantitative estimate of drug-likeness (QED) is 0.721. The molecule has 0 atom stereocenters. The summed E-state index contributed by atoms with van der Waals surface area (Å²) < 4.78 is 1.53. The number of hydrogen-bond donors (Lipinski definition) is 1. The van der Waals surface area contributed by atoms with Crippen LogP contribution in [-0.2, 0) is 6.54 Å². The van der Waals surface area contributed by atoms with Crippen molar-refractivity contribution in [2.45, 2.75) is 33.7 Å². The number of aromatic nitrogens is 2. The summed E-state index contributed by atoms with van der Waals surface area (Å²) in [6.45, 7) is 9.88. The Hall–Kier alpha value is -1.36. The third-order valence-electron chi connectivity index (χ3n) is 3.05. The molecule has 0 aliphatic rings. The van der Waals surface area contributed by atoms with Crippen molar-refractivity contribution in [3.63, 3.8) is 0 Å². The first-order valence-electron chi connectivity index (χ1n) is 7.03. The van der Waals surface area contributed by atoms with E-state index in [0.29, 0.717) is 12.5 Å². The van der Waals surface area contributed by atoms with Gasteiger partial charge in [0.1, 0.15) is 0 Å². The smallest absolute Gasteiger partial charge is 0.268 e. The molecule has 0 radical (unpaired) electrons. The van der Waals surface area contributed by atoms with Crippen molar-refractivity contribution in [2.75, 3.05) is 31.6 Å². The number of nitrogens with zero attached hydrogens (tertiary/aromatic N) is 3.